The van der Waals surface area contributed by atoms with E-state index in [0.717, 1.165) is 11.1 Å². The van der Waals surface area contributed by atoms with Crippen LogP contribution in [0, 0.1) is 22.7 Å². The predicted molar refractivity (Wildman–Crippen MR) is 125 cm³/mol. The molecule has 0 aromatic heterocycles. The van der Waals surface area contributed by atoms with Crippen LogP contribution >= 0.6 is 0 Å². The van der Waals surface area contributed by atoms with Crippen LogP contribution in [0.15, 0.2) is 78.4 Å². The summed E-state index contributed by atoms with van der Waals surface area (Å²) in [5.41, 5.74) is 3.06. The van der Waals surface area contributed by atoms with E-state index in [1.807, 2.05) is 48.5 Å². The number of hydrogen-bond acceptors (Lipinski definition) is 5. The lowest BCUT2D eigenvalue weighted by atomic mass is 10.1. The highest BCUT2D eigenvalue weighted by Crippen LogP contribution is 2.30. The summed E-state index contributed by atoms with van der Waals surface area (Å²) in [6.07, 6.45) is 2.19. The third kappa shape index (κ3) is 6.46. The number of ether oxygens (including phenoxy) is 2. The van der Waals surface area contributed by atoms with E-state index in [-0.39, 0.29) is 12.2 Å². The first-order chi connectivity index (χ1) is 16.1. The number of nitrogens with zero attached hydrogens (tertiary/aromatic N) is 2. The zero-order valence-electron chi connectivity index (χ0n) is 18.2. The van der Waals surface area contributed by atoms with Crippen molar-refractivity contribution in [3.63, 3.8) is 0 Å². The Morgan fingerprint density at radius 1 is 1.00 bits per heavy atom. The second kappa shape index (κ2) is 11.7. The van der Waals surface area contributed by atoms with E-state index in [4.69, 9.17) is 9.47 Å². The van der Waals surface area contributed by atoms with Crippen LogP contribution < -0.4 is 14.8 Å². The Balaban J connectivity index is 1.67. The summed E-state index contributed by atoms with van der Waals surface area (Å²) in [5.74, 6) is 0.522. The fourth-order valence-corrected chi connectivity index (χ4v) is 3.18. The molecule has 6 nitrogen and oxygen atoms in total. The van der Waals surface area contributed by atoms with Crippen molar-refractivity contribution < 1.29 is 14.3 Å². The van der Waals surface area contributed by atoms with Crippen molar-refractivity contribution in [2.45, 2.75) is 13.0 Å². The fourth-order valence-electron chi connectivity index (χ4n) is 3.18. The molecule has 33 heavy (non-hydrogen) atoms. The van der Waals surface area contributed by atoms with Crippen molar-refractivity contribution >= 4 is 12.0 Å². The summed E-state index contributed by atoms with van der Waals surface area (Å²) in [5, 5.41) is 21.5. The molecule has 0 aliphatic heterocycles. The fraction of sp³-hybridized carbons (Fsp3) is 0.148. The van der Waals surface area contributed by atoms with Crippen molar-refractivity contribution in [3.8, 4) is 23.6 Å². The number of amides is 1. The average molecular weight is 437 g/mol. The molecule has 0 bridgehead atoms. The van der Waals surface area contributed by atoms with Crippen molar-refractivity contribution in [2.75, 3.05) is 13.7 Å². The zero-order chi connectivity index (χ0) is 23.5. The van der Waals surface area contributed by atoms with Crippen LogP contribution in [0.2, 0.25) is 0 Å². The molecule has 1 N–H and O–H groups in total. The number of hydrogen-bond donors (Lipinski definition) is 1. The minimum atomic E-state index is -0.430. The lowest BCUT2D eigenvalue weighted by Gasteiger charge is -2.12. The molecule has 0 saturated carbocycles. The smallest absolute Gasteiger partial charge is 0.261 e. The van der Waals surface area contributed by atoms with Crippen LogP contribution in [-0.2, 0) is 17.8 Å². The molecule has 0 aliphatic carbocycles. The quantitative estimate of drug-likeness (QED) is 0.395. The lowest BCUT2D eigenvalue weighted by molar-refractivity contribution is -0.117. The van der Waals surface area contributed by atoms with Gasteiger partial charge in [0.2, 0.25) is 0 Å². The van der Waals surface area contributed by atoms with Crippen LogP contribution in [-0.4, -0.2) is 19.6 Å². The maximum Gasteiger partial charge on any atom is 0.261 e. The highest BCUT2D eigenvalue weighted by atomic mass is 16.5. The lowest BCUT2D eigenvalue weighted by Crippen LogP contribution is -2.26. The standard InChI is InChI=1S/C27H23N3O3/c1-32-26-16-21(11-12-25(26)33-19-23-10-6-5-9-22(23)17-28)15-24(18-29)27(31)30-14-13-20-7-3-2-4-8-20/h2-12,15-16H,13-14,19H2,1H3,(H,30,31)/b24-15+. The molecule has 3 aromatic carbocycles. The molecule has 0 heterocycles. The summed E-state index contributed by atoms with van der Waals surface area (Å²) in [7, 11) is 1.51. The number of rotatable bonds is 9. The Bertz CT molecular complexity index is 1220. The SMILES string of the molecule is COc1cc(/C=C(\C#N)C(=O)NCCc2ccccc2)ccc1OCc1ccccc1C#N. The van der Waals surface area contributed by atoms with Gasteiger partial charge in [-0.25, -0.2) is 0 Å². The Morgan fingerprint density at radius 2 is 1.76 bits per heavy atom. The number of methoxy groups -OCH3 is 1. The van der Waals surface area contributed by atoms with E-state index in [1.165, 1.54) is 13.2 Å². The summed E-state index contributed by atoms with van der Waals surface area (Å²) < 4.78 is 11.3. The molecule has 0 unspecified atom stereocenters. The van der Waals surface area contributed by atoms with E-state index in [1.54, 1.807) is 30.3 Å². The van der Waals surface area contributed by atoms with Gasteiger partial charge in [0.1, 0.15) is 18.2 Å². The van der Waals surface area contributed by atoms with E-state index < -0.39 is 5.91 Å². The number of nitriles is 2. The van der Waals surface area contributed by atoms with E-state index >= 15 is 0 Å². The van der Waals surface area contributed by atoms with Gasteiger partial charge >= 0.3 is 0 Å². The van der Waals surface area contributed by atoms with Gasteiger partial charge < -0.3 is 14.8 Å². The maximum atomic E-state index is 12.4. The van der Waals surface area contributed by atoms with Crippen molar-refractivity contribution in [1.82, 2.24) is 5.32 Å². The molecular formula is C27H23N3O3. The molecule has 0 radical (unpaired) electrons. The predicted octanol–water partition coefficient (Wildman–Crippen LogP) is 4.41. The summed E-state index contributed by atoms with van der Waals surface area (Å²) >= 11 is 0. The van der Waals surface area contributed by atoms with Gasteiger partial charge in [-0.1, -0.05) is 54.6 Å². The molecule has 0 atom stereocenters. The van der Waals surface area contributed by atoms with Crippen LogP contribution in [0.5, 0.6) is 11.5 Å². The highest BCUT2D eigenvalue weighted by Gasteiger charge is 2.11. The van der Waals surface area contributed by atoms with E-state index in [9.17, 15) is 15.3 Å². The van der Waals surface area contributed by atoms with Gasteiger partial charge in [0.15, 0.2) is 11.5 Å². The molecule has 0 spiro atoms. The van der Waals surface area contributed by atoms with Gasteiger partial charge in [0.25, 0.3) is 5.91 Å². The third-order valence-electron chi connectivity index (χ3n) is 4.93. The van der Waals surface area contributed by atoms with Crippen LogP contribution in [0.25, 0.3) is 6.08 Å². The summed E-state index contributed by atoms with van der Waals surface area (Å²) in [4.78, 5) is 12.4. The molecule has 1 amide bonds. The second-order valence-electron chi connectivity index (χ2n) is 7.13. The van der Waals surface area contributed by atoms with Crippen LogP contribution in [0.4, 0.5) is 0 Å². The minimum absolute atomic E-state index is 0.00160. The molecule has 0 aliphatic rings. The van der Waals surface area contributed by atoms with Crippen molar-refractivity contribution in [3.05, 3.63) is 101 Å². The first kappa shape index (κ1) is 23.1. The summed E-state index contributed by atoms with van der Waals surface area (Å²) in [6.45, 7) is 0.644. The number of benzene rings is 3. The van der Waals surface area contributed by atoms with E-state index in [0.29, 0.717) is 35.6 Å². The normalized spacial score (nSPS) is 10.6. The Morgan fingerprint density at radius 3 is 2.48 bits per heavy atom. The topological polar surface area (TPSA) is 95.1 Å². The van der Waals surface area contributed by atoms with Crippen LogP contribution in [0.1, 0.15) is 22.3 Å². The molecule has 6 heteroatoms. The van der Waals surface area contributed by atoms with Gasteiger partial charge in [0, 0.05) is 12.1 Å². The number of carbonyl (C=O) groups is 1. The minimum Gasteiger partial charge on any atom is -0.493 e. The largest absolute Gasteiger partial charge is 0.493 e. The van der Waals surface area contributed by atoms with Gasteiger partial charge in [-0.05, 0) is 41.8 Å². The third-order valence-corrected chi connectivity index (χ3v) is 4.93. The van der Waals surface area contributed by atoms with Gasteiger partial charge in [-0.2, -0.15) is 10.5 Å². The van der Waals surface area contributed by atoms with Gasteiger partial charge in [-0.3, -0.25) is 4.79 Å². The molecule has 3 rings (SSSR count). The van der Waals surface area contributed by atoms with Crippen LogP contribution in [0.3, 0.4) is 0 Å². The molecule has 3 aromatic rings. The molecule has 0 saturated heterocycles. The highest BCUT2D eigenvalue weighted by molar-refractivity contribution is 6.01. The monoisotopic (exact) mass is 437 g/mol. The van der Waals surface area contributed by atoms with Gasteiger partial charge in [-0.15, -0.1) is 0 Å². The molecule has 164 valence electrons. The number of carbonyl (C=O) groups excluding carboxylic acids is 1. The van der Waals surface area contributed by atoms with Gasteiger partial charge in [0.05, 0.1) is 18.7 Å². The zero-order valence-corrected chi connectivity index (χ0v) is 18.2. The maximum absolute atomic E-state index is 12.4. The average Bonchev–Trinajstić information content (AvgIpc) is 2.86. The van der Waals surface area contributed by atoms with Crippen molar-refractivity contribution in [1.29, 1.82) is 10.5 Å². The van der Waals surface area contributed by atoms with Crippen molar-refractivity contribution in [2.24, 2.45) is 0 Å². The molecular weight excluding hydrogens is 414 g/mol. The molecule has 0 fully saturated rings. The first-order valence-corrected chi connectivity index (χ1v) is 10.4. The summed E-state index contributed by atoms with van der Waals surface area (Å²) in [6, 6.07) is 26.3. The Kier molecular flexibility index (Phi) is 8.22. The van der Waals surface area contributed by atoms with E-state index in [2.05, 4.69) is 11.4 Å². The Hall–Kier alpha value is -4.55. The number of nitrogens with one attached hydrogen (secondary N) is 1. The second-order valence-corrected chi connectivity index (χ2v) is 7.13. The Labute approximate surface area is 193 Å². The first-order valence-electron chi connectivity index (χ1n) is 10.4.